The van der Waals surface area contributed by atoms with Crippen LogP contribution in [0.3, 0.4) is 0 Å². The summed E-state index contributed by atoms with van der Waals surface area (Å²) in [6.45, 7) is 2.92. The van der Waals surface area contributed by atoms with Crippen LogP contribution in [0.15, 0.2) is 11.4 Å². The monoisotopic (exact) mass is 320 g/mol. The molecule has 2 aromatic rings. The molecular weight excluding hydrogens is 304 g/mol. The highest BCUT2D eigenvalue weighted by atomic mass is 32.2. The standard InChI is InChI=1S/C15H16N2O2S2/c1-8(18)13(9(2)19)21-15-12-10-5-3-4-6-11(10)20-14(12)16-7-17-15/h7,13H,3-6H2,1-2H3. The molecule has 0 spiro atoms. The summed E-state index contributed by atoms with van der Waals surface area (Å²) in [6.07, 6.45) is 6.08. The van der Waals surface area contributed by atoms with Crippen LogP contribution < -0.4 is 0 Å². The van der Waals surface area contributed by atoms with Gasteiger partial charge in [0.2, 0.25) is 0 Å². The van der Waals surface area contributed by atoms with Crippen molar-refractivity contribution in [3.05, 3.63) is 16.8 Å². The number of thiophene rings is 1. The number of ketones is 2. The molecule has 6 heteroatoms. The topological polar surface area (TPSA) is 59.9 Å². The van der Waals surface area contributed by atoms with E-state index >= 15 is 0 Å². The Bertz CT molecular complexity index is 710. The highest BCUT2D eigenvalue weighted by Gasteiger charge is 2.25. The molecule has 0 unspecified atom stereocenters. The lowest BCUT2D eigenvalue weighted by molar-refractivity contribution is -0.123. The third-order valence-electron chi connectivity index (χ3n) is 3.68. The number of fused-ring (bicyclic) bond motifs is 3. The minimum absolute atomic E-state index is 0.122. The Labute approximate surface area is 131 Å². The Morgan fingerprint density at radius 2 is 1.90 bits per heavy atom. The van der Waals surface area contributed by atoms with Crippen molar-refractivity contribution >= 4 is 44.9 Å². The van der Waals surface area contributed by atoms with Crippen LogP contribution in [0.4, 0.5) is 0 Å². The minimum atomic E-state index is -0.665. The average molecular weight is 320 g/mol. The van der Waals surface area contributed by atoms with Gasteiger partial charge in [0.1, 0.15) is 21.4 Å². The summed E-state index contributed by atoms with van der Waals surface area (Å²) in [4.78, 5) is 34.4. The molecule has 0 bridgehead atoms. The number of carbonyl (C=O) groups is 2. The van der Waals surface area contributed by atoms with Crippen LogP contribution in [-0.4, -0.2) is 26.8 Å². The second-order valence-corrected chi connectivity index (χ2v) is 7.47. The molecule has 2 aromatic heterocycles. The lowest BCUT2D eigenvalue weighted by Crippen LogP contribution is -2.22. The van der Waals surface area contributed by atoms with Crippen LogP contribution in [0.1, 0.15) is 37.1 Å². The van der Waals surface area contributed by atoms with E-state index in [4.69, 9.17) is 0 Å². The Morgan fingerprint density at radius 3 is 2.62 bits per heavy atom. The summed E-state index contributed by atoms with van der Waals surface area (Å²) >= 11 is 2.99. The SMILES string of the molecule is CC(=O)C(Sc1ncnc2sc3c(c12)CCCC3)C(C)=O. The molecule has 1 aliphatic rings. The van der Waals surface area contributed by atoms with E-state index in [1.807, 2.05) is 0 Å². The number of hydrogen-bond donors (Lipinski definition) is 0. The van der Waals surface area contributed by atoms with Crippen molar-refractivity contribution in [3.8, 4) is 0 Å². The zero-order valence-corrected chi connectivity index (χ0v) is 13.6. The smallest absolute Gasteiger partial charge is 0.150 e. The van der Waals surface area contributed by atoms with E-state index in [9.17, 15) is 9.59 Å². The molecule has 0 radical (unpaired) electrons. The third kappa shape index (κ3) is 2.74. The number of carbonyl (C=O) groups excluding carboxylic acids is 2. The minimum Gasteiger partial charge on any atom is -0.298 e. The molecule has 3 rings (SSSR count). The first-order chi connectivity index (χ1) is 10.1. The van der Waals surface area contributed by atoms with E-state index in [2.05, 4.69) is 9.97 Å². The van der Waals surface area contributed by atoms with Crippen LogP contribution in [-0.2, 0) is 22.4 Å². The first kappa shape index (κ1) is 14.7. The number of nitrogens with zero attached hydrogens (tertiary/aromatic N) is 2. The van der Waals surface area contributed by atoms with Crippen molar-refractivity contribution in [2.24, 2.45) is 0 Å². The first-order valence-corrected chi connectivity index (χ1v) is 8.70. The van der Waals surface area contributed by atoms with Gasteiger partial charge in [-0.3, -0.25) is 9.59 Å². The van der Waals surface area contributed by atoms with E-state index in [0.29, 0.717) is 0 Å². The molecule has 0 saturated carbocycles. The lowest BCUT2D eigenvalue weighted by Gasteiger charge is -2.13. The maximum Gasteiger partial charge on any atom is 0.150 e. The molecule has 4 nitrogen and oxygen atoms in total. The molecule has 1 aliphatic carbocycles. The summed E-state index contributed by atoms with van der Waals surface area (Å²) in [6, 6.07) is 0. The largest absolute Gasteiger partial charge is 0.298 e. The van der Waals surface area contributed by atoms with E-state index in [0.717, 1.165) is 28.1 Å². The van der Waals surface area contributed by atoms with Crippen molar-refractivity contribution < 1.29 is 9.59 Å². The van der Waals surface area contributed by atoms with E-state index in [-0.39, 0.29) is 11.6 Å². The summed E-state index contributed by atoms with van der Waals surface area (Å²) in [5.74, 6) is -0.244. The number of aryl methyl sites for hydroxylation is 2. The van der Waals surface area contributed by atoms with Crippen molar-refractivity contribution in [1.82, 2.24) is 9.97 Å². The molecule has 0 fully saturated rings. The number of Topliss-reactive ketones (excluding diaryl/α,β-unsaturated/α-hetero) is 2. The van der Waals surface area contributed by atoms with Gasteiger partial charge in [-0.1, -0.05) is 11.8 Å². The molecule has 110 valence electrons. The van der Waals surface area contributed by atoms with Crippen molar-refractivity contribution in [3.63, 3.8) is 0 Å². The van der Waals surface area contributed by atoms with Gasteiger partial charge in [0.15, 0.2) is 11.6 Å². The van der Waals surface area contributed by atoms with Gasteiger partial charge in [0.05, 0.1) is 0 Å². The number of aromatic nitrogens is 2. The zero-order valence-electron chi connectivity index (χ0n) is 12.0. The molecule has 0 aliphatic heterocycles. The molecule has 0 N–H and O–H groups in total. The van der Waals surface area contributed by atoms with Gasteiger partial charge in [-0.2, -0.15) is 0 Å². The van der Waals surface area contributed by atoms with Gasteiger partial charge in [0, 0.05) is 10.3 Å². The molecule has 0 atom stereocenters. The van der Waals surface area contributed by atoms with Crippen LogP contribution in [0, 0.1) is 0 Å². The quantitative estimate of drug-likeness (QED) is 0.492. The summed E-state index contributed by atoms with van der Waals surface area (Å²) < 4.78 is 0. The third-order valence-corrected chi connectivity index (χ3v) is 6.32. The Kier molecular flexibility index (Phi) is 4.08. The summed E-state index contributed by atoms with van der Waals surface area (Å²) in [7, 11) is 0. The van der Waals surface area contributed by atoms with Gasteiger partial charge < -0.3 is 0 Å². The predicted octanol–water partition coefficient (Wildman–Crippen LogP) is 3.21. The fourth-order valence-electron chi connectivity index (χ4n) is 2.71. The molecule has 0 amide bonds. The maximum atomic E-state index is 11.7. The average Bonchev–Trinajstić information content (AvgIpc) is 2.83. The second-order valence-electron chi connectivity index (χ2n) is 5.29. The highest BCUT2D eigenvalue weighted by molar-refractivity contribution is 8.01. The lowest BCUT2D eigenvalue weighted by atomic mass is 9.97. The van der Waals surface area contributed by atoms with E-state index < -0.39 is 5.25 Å². The van der Waals surface area contributed by atoms with Gasteiger partial charge in [0.25, 0.3) is 0 Å². The van der Waals surface area contributed by atoms with Gasteiger partial charge in [-0.15, -0.1) is 11.3 Å². The first-order valence-electron chi connectivity index (χ1n) is 7.00. The van der Waals surface area contributed by atoms with Crippen LogP contribution in [0.5, 0.6) is 0 Å². The van der Waals surface area contributed by atoms with E-state index in [1.54, 1.807) is 11.3 Å². The predicted molar refractivity (Wildman–Crippen MR) is 85.1 cm³/mol. The fourth-order valence-corrected chi connectivity index (χ4v) is 5.01. The molecule has 0 saturated heterocycles. The van der Waals surface area contributed by atoms with Crippen molar-refractivity contribution in [2.75, 3.05) is 0 Å². The van der Waals surface area contributed by atoms with Crippen LogP contribution >= 0.6 is 23.1 Å². The summed E-state index contributed by atoms with van der Waals surface area (Å²) in [5.41, 5.74) is 1.33. The molecular formula is C15H16N2O2S2. The van der Waals surface area contributed by atoms with Crippen LogP contribution in [0.25, 0.3) is 10.2 Å². The van der Waals surface area contributed by atoms with Crippen molar-refractivity contribution in [2.45, 2.75) is 49.8 Å². The van der Waals surface area contributed by atoms with Gasteiger partial charge in [-0.05, 0) is 45.1 Å². The Hall–Kier alpha value is -1.27. The number of hydrogen-bond acceptors (Lipinski definition) is 6. The van der Waals surface area contributed by atoms with E-state index in [1.165, 1.54) is 55.2 Å². The van der Waals surface area contributed by atoms with Gasteiger partial charge in [-0.25, -0.2) is 9.97 Å². The maximum absolute atomic E-state index is 11.7. The Balaban J connectivity index is 2.08. The zero-order chi connectivity index (χ0) is 15.0. The fraction of sp³-hybridized carbons (Fsp3) is 0.467. The molecule has 21 heavy (non-hydrogen) atoms. The van der Waals surface area contributed by atoms with Gasteiger partial charge >= 0.3 is 0 Å². The number of thioether (sulfide) groups is 1. The Morgan fingerprint density at radius 1 is 1.19 bits per heavy atom. The van der Waals surface area contributed by atoms with Crippen LogP contribution in [0.2, 0.25) is 0 Å². The highest BCUT2D eigenvalue weighted by Crippen LogP contribution is 2.40. The normalized spacial score (nSPS) is 14.4. The van der Waals surface area contributed by atoms with Crippen molar-refractivity contribution in [1.29, 1.82) is 0 Å². The molecule has 0 aromatic carbocycles. The molecule has 2 heterocycles. The number of rotatable bonds is 4. The summed E-state index contributed by atoms with van der Waals surface area (Å²) in [5, 5.41) is 1.17. The second kappa shape index (κ2) is 5.85.